The Kier molecular flexibility index (Phi) is 4.39. The summed E-state index contributed by atoms with van der Waals surface area (Å²) in [5, 5.41) is 8.35. The molecule has 0 atom stereocenters. The van der Waals surface area contributed by atoms with Gasteiger partial charge in [-0.3, -0.25) is 9.89 Å². The fourth-order valence-electron chi connectivity index (χ4n) is 1.39. The summed E-state index contributed by atoms with van der Waals surface area (Å²) >= 11 is 7.27. The Morgan fingerprint density at radius 3 is 3.00 bits per heavy atom. The Hall–Kier alpha value is -1.60. The number of rotatable bonds is 5. The zero-order chi connectivity index (χ0) is 13.8. The SMILES string of the molecule is CCCc1nc(Sc2ncc(C(N)=O)cc2Cl)n[nH]1. The maximum Gasteiger partial charge on any atom is 0.250 e. The number of halogens is 1. The average molecular weight is 298 g/mol. The quantitative estimate of drug-likeness (QED) is 0.880. The minimum absolute atomic E-state index is 0.274. The number of pyridine rings is 1. The molecule has 6 nitrogen and oxygen atoms in total. The topological polar surface area (TPSA) is 97.6 Å². The highest BCUT2D eigenvalue weighted by atomic mass is 35.5. The van der Waals surface area contributed by atoms with E-state index in [1.807, 2.05) is 0 Å². The van der Waals surface area contributed by atoms with E-state index in [1.165, 1.54) is 24.0 Å². The van der Waals surface area contributed by atoms with Gasteiger partial charge in [-0.2, -0.15) is 0 Å². The van der Waals surface area contributed by atoms with Crippen LogP contribution in [0.1, 0.15) is 29.5 Å². The number of nitrogens with zero attached hydrogens (tertiary/aromatic N) is 3. The monoisotopic (exact) mass is 297 g/mol. The number of amides is 1. The van der Waals surface area contributed by atoms with Gasteiger partial charge in [-0.15, -0.1) is 5.10 Å². The molecular formula is C11H12ClN5OS. The number of primary amides is 1. The molecule has 0 bridgehead atoms. The van der Waals surface area contributed by atoms with Crippen LogP contribution < -0.4 is 5.73 Å². The van der Waals surface area contributed by atoms with Gasteiger partial charge in [0.15, 0.2) is 0 Å². The van der Waals surface area contributed by atoms with E-state index in [2.05, 4.69) is 27.1 Å². The summed E-state index contributed by atoms with van der Waals surface area (Å²) in [5.41, 5.74) is 5.42. The van der Waals surface area contributed by atoms with Crippen LogP contribution in [-0.4, -0.2) is 26.1 Å². The van der Waals surface area contributed by atoms with Crippen LogP contribution in [-0.2, 0) is 6.42 Å². The summed E-state index contributed by atoms with van der Waals surface area (Å²) in [6.07, 6.45) is 3.22. The van der Waals surface area contributed by atoms with E-state index in [9.17, 15) is 4.79 Å². The molecule has 2 rings (SSSR count). The predicted molar refractivity (Wildman–Crippen MR) is 72.3 cm³/mol. The van der Waals surface area contributed by atoms with Crippen molar-refractivity contribution in [1.29, 1.82) is 0 Å². The second kappa shape index (κ2) is 6.03. The van der Waals surface area contributed by atoms with E-state index in [0.717, 1.165) is 18.7 Å². The zero-order valence-electron chi connectivity index (χ0n) is 10.2. The summed E-state index contributed by atoms with van der Waals surface area (Å²) in [6, 6.07) is 1.48. The van der Waals surface area contributed by atoms with Gasteiger partial charge >= 0.3 is 0 Å². The number of hydrogen-bond acceptors (Lipinski definition) is 5. The molecule has 0 aliphatic heterocycles. The molecule has 0 radical (unpaired) electrons. The number of aryl methyl sites for hydroxylation is 1. The second-order valence-corrected chi connectivity index (χ2v) is 5.16. The number of carbonyl (C=O) groups is 1. The Bertz CT molecular complexity index is 601. The average Bonchev–Trinajstić information content (AvgIpc) is 2.79. The lowest BCUT2D eigenvalue weighted by atomic mass is 10.3. The maximum atomic E-state index is 11.0. The van der Waals surface area contributed by atoms with Gasteiger partial charge in [0.2, 0.25) is 11.1 Å². The van der Waals surface area contributed by atoms with Gasteiger partial charge in [-0.1, -0.05) is 18.5 Å². The highest BCUT2D eigenvalue weighted by Gasteiger charge is 2.11. The van der Waals surface area contributed by atoms with Crippen molar-refractivity contribution in [3.05, 3.63) is 28.7 Å². The summed E-state index contributed by atoms with van der Waals surface area (Å²) in [7, 11) is 0. The van der Waals surface area contributed by atoms with Crippen LogP contribution in [0.4, 0.5) is 0 Å². The molecule has 0 fully saturated rings. The van der Waals surface area contributed by atoms with Crippen LogP contribution in [0.3, 0.4) is 0 Å². The third-order valence-electron chi connectivity index (χ3n) is 2.28. The van der Waals surface area contributed by atoms with Crippen molar-refractivity contribution >= 4 is 29.3 Å². The first-order chi connectivity index (χ1) is 9.10. The van der Waals surface area contributed by atoms with Gasteiger partial charge in [-0.05, 0) is 24.2 Å². The van der Waals surface area contributed by atoms with Crippen molar-refractivity contribution in [2.75, 3.05) is 0 Å². The van der Waals surface area contributed by atoms with Crippen molar-refractivity contribution in [2.24, 2.45) is 5.73 Å². The minimum Gasteiger partial charge on any atom is -0.366 e. The lowest BCUT2D eigenvalue weighted by Gasteiger charge is -2.01. The fourth-order valence-corrected chi connectivity index (χ4v) is 2.36. The molecule has 0 unspecified atom stereocenters. The lowest BCUT2D eigenvalue weighted by Crippen LogP contribution is -2.11. The highest BCUT2D eigenvalue weighted by Crippen LogP contribution is 2.29. The molecule has 0 aliphatic carbocycles. The first-order valence-electron chi connectivity index (χ1n) is 5.64. The number of carbonyl (C=O) groups excluding carboxylic acids is 1. The number of aromatic nitrogens is 4. The zero-order valence-corrected chi connectivity index (χ0v) is 11.8. The molecule has 1 amide bonds. The number of aromatic amines is 1. The standard InChI is InChI=1S/C11H12ClN5OS/c1-2-3-8-15-11(17-16-8)19-10-7(12)4-6(5-14-10)9(13)18/h4-5H,2-3H2,1H3,(H2,13,18)(H,15,16,17). The third kappa shape index (κ3) is 3.45. The summed E-state index contributed by atoms with van der Waals surface area (Å²) in [5.74, 6) is 0.268. The van der Waals surface area contributed by atoms with Gasteiger partial charge in [-0.25, -0.2) is 9.97 Å². The van der Waals surface area contributed by atoms with Crippen LogP contribution in [0.2, 0.25) is 5.02 Å². The lowest BCUT2D eigenvalue weighted by molar-refractivity contribution is 0.1000. The first kappa shape index (κ1) is 13.8. The van der Waals surface area contributed by atoms with Gasteiger partial charge in [0, 0.05) is 12.6 Å². The van der Waals surface area contributed by atoms with Crippen LogP contribution in [0.25, 0.3) is 0 Å². The normalized spacial score (nSPS) is 10.6. The van der Waals surface area contributed by atoms with Gasteiger partial charge < -0.3 is 5.73 Å². The molecule has 2 heterocycles. The first-order valence-corrected chi connectivity index (χ1v) is 6.84. The smallest absolute Gasteiger partial charge is 0.250 e. The van der Waals surface area contributed by atoms with Crippen LogP contribution in [0, 0.1) is 0 Å². The number of H-pyrrole nitrogens is 1. The van der Waals surface area contributed by atoms with Crippen LogP contribution >= 0.6 is 23.4 Å². The molecule has 2 aromatic heterocycles. The van der Waals surface area contributed by atoms with Gasteiger partial charge in [0.05, 0.1) is 10.6 Å². The molecule has 8 heteroatoms. The Morgan fingerprint density at radius 1 is 1.58 bits per heavy atom. The summed E-state index contributed by atoms with van der Waals surface area (Å²) in [4.78, 5) is 19.4. The van der Waals surface area contributed by atoms with Crippen LogP contribution in [0.5, 0.6) is 0 Å². The van der Waals surface area contributed by atoms with E-state index in [1.54, 1.807) is 0 Å². The van der Waals surface area contributed by atoms with E-state index < -0.39 is 5.91 Å². The molecular weight excluding hydrogens is 286 g/mol. The predicted octanol–water partition coefficient (Wildman–Crippen LogP) is 2.06. The summed E-state index contributed by atoms with van der Waals surface area (Å²) < 4.78 is 0. The molecule has 3 N–H and O–H groups in total. The van der Waals surface area contributed by atoms with E-state index in [0.29, 0.717) is 15.2 Å². The Balaban J connectivity index is 2.16. The second-order valence-electron chi connectivity index (χ2n) is 3.79. The fraction of sp³-hybridized carbons (Fsp3) is 0.273. The van der Waals surface area contributed by atoms with Crippen molar-refractivity contribution in [3.8, 4) is 0 Å². The number of nitrogens with two attached hydrogens (primary N) is 1. The van der Waals surface area contributed by atoms with Gasteiger partial charge in [0.1, 0.15) is 10.9 Å². The maximum absolute atomic E-state index is 11.0. The Labute approximate surface area is 119 Å². The minimum atomic E-state index is -0.561. The van der Waals surface area contributed by atoms with Crippen LogP contribution in [0.15, 0.2) is 22.4 Å². The largest absolute Gasteiger partial charge is 0.366 e. The van der Waals surface area contributed by atoms with E-state index in [-0.39, 0.29) is 5.56 Å². The third-order valence-corrected chi connectivity index (χ3v) is 3.56. The van der Waals surface area contributed by atoms with Crippen molar-refractivity contribution in [2.45, 2.75) is 29.9 Å². The molecule has 0 saturated heterocycles. The summed E-state index contributed by atoms with van der Waals surface area (Å²) in [6.45, 7) is 2.07. The molecule has 0 spiro atoms. The van der Waals surface area contributed by atoms with E-state index >= 15 is 0 Å². The number of hydrogen-bond donors (Lipinski definition) is 2. The number of nitrogens with one attached hydrogen (secondary N) is 1. The van der Waals surface area contributed by atoms with E-state index in [4.69, 9.17) is 17.3 Å². The Morgan fingerprint density at radius 2 is 2.37 bits per heavy atom. The molecule has 19 heavy (non-hydrogen) atoms. The molecule has 100 valence electrons. The van der Waals surface area contributed by atoms with Crippen molar-refractivity contribution in [3.63, 3.8) is 0 Å². The molecule has 0 aliphatic rings. The van der Waals surface area contributed by atoms with Gasteiger partial charge in [0.25, 0.3) is 0 Å². The van der Waals surface area contributed by atoms with Crippen molar-refractivity contribution in [1.82, 2.24) is 20.2 Å². The molecule has 2 aromatic rings. The highest BCUT2D eigenvalue weighted by molar-refractivity contribution is 7.99. The van der Waals surface area contributed by atoms with Crippen molar-refractivity contribution < 1.29 is 4.79 Å². The molecule has 0 aromatic carbocycles. The molecule has 0 saturated carbocycles.